The lowest BCUT2D eigenvalue weighted by Crippen LogP contribution is -2.39. The molecule has 5 rings (SSSR count). The molecule has 0 radical (unpaired) electrons. The number of carbonyl (C=O) groups excluding carboxylic acids is 2. The first-order valence-electron chi connectivity index (χ1n) is 13.2. The average Bonchev–Trinajstić information content (AvgIpc) is 3.62. The number of benzene rings is 2. The maximum atomic E-state index is 13.0. The van der Waals surface area contributed by atoms with E-state index in [-0.39, 0.29) is 24.5 Å². The predicted octanol–water partition coefficient (Wildman–Crippen LogP) is 4.83. The van der Waals surface area contributed by atoms with E-state index in [0.29, 0.717) is 29.1 Å². The van der Waals surface area contributed by atoms with Gasteiger partial charge in [0.1, 0.15) is 6.54 Å². The summed E-state index contributed by atoms with van der Waals surface area (Å²) in [6, 6.07) is 15.2. The van der Waals surface area contributed by atoms with Crippen LogP contribution in [0.25, 0.3) is 28.0 Å². The topological polar surface area (TPSA) is 112 Å². The lowest BCUT2D eigenvalue weighted by Gasteiger charge is -2.26. The standard InChI is InChI=1S/C29H29F3N6O3/c1-18(27(40)37-11-3-6-24(37)16-39)19-7-9-20(10-8-19)22-13-26-33-15-25(38(26)35-14-22)21-4-2-5-23(12-21)36-28(41)34-17-29(30,31)32/h2,4-5,7-10,12-15,18,24,39H,3,6,11,16-17H2,1H3,(H2,34,36,41)/t18?,24-/m0/s1. The number of hydrogen-bond donors (Lipinski definition) is 3. The third-order valence-corrected chi connectivity index (χ3v) is 7.21. The van der Waals surface area contributed by atoms with Gasteiger partial charge in [-0.25, -0.2) is 14.3 Å². The van der Waals surface area contributed by atoms with Gasteiger partial charge < -0.3 is 20.6 Å². The SMILES string of the molecule is CC(C(=O)N1CCC[C@H]1CO)c1ccc(-c2cnn3c(-c4cccc(NC(=O)NCC(F)(F)F)c4)cnc3c2)cc1. The van der Waals surface area contributed by atoms with E-state index in [2.05, 4.69) is 15.4 Å². The van der Waals surface area contributed by atoms with E-state index < -0.39 is 18.8 Å². The van der Waals surface area contributed by atoms with E-state index in [4.69, 9.17) is 0 Å². The van der Waals surface area contributed by atoms with E-state index in [1.807, 2.05) is 37.3 Å². The molecular weight excluding hydrogens is 537 g/mol. The fourth-order valence-corrected chi connectivity index (χ4v) is 5.01. The fourth-order valence-electron chi connectivity index (χ4n) is 5.01. The van der Waals surface area contributed by atoms with Gasteiger partial charge in [-0.05, 0) is 49.1 Å². The van der Waals surface area contributed by atoms with Crippen molar-refractivity contribution in [3.8, 4) is 22.4 Å². The van der Waals surface area contributed by atoms with Crippen molar-refractivity contribution in [2.24, 2.45) is 0 Å². The number of amides is 3. The summed E-state index contributed by atoms with van der Waals surface area (Å²) in [7, 11) is 0. The molecule has 1 aliphatic heterocycles. The number of aromatic nitrogens is 3. The highest BCUT2D eigenvalue weighted by atomic mass is 19.4. The highest BCUT2D eigenvalue weighted by molar-refractivity contribution is 5.90. The molecular formula is C29H29F3N6O3. The molecule has 1 aliphatic rings. The van der Waals surface area contributed by atoms with Crippen LogP contribution in [0, 0.1) is 0 Å². The molecule has 2 aromatic carbocycles. The smallest absolute Gasteiger partial charge is 0.394 e. The number of imidazole rings is 1. The van der Waals surface area contributed by atoms with Gasteiger partial charge in [-0.2, -0.15) is 18.3 Å². The summed E-state index contributed by atoms with van der Waals surface area (Å²) in [5.74, 6) is -0.309. The number of alkyl halides is 3. The highest BCUT2D eigenvalue weighted by Gasteiger charge is 2.31. The van der Waals surface area contributed by atoms with E-state index >= 15 is 0 Å². The van der Waals surface area contributed by atoms with Gasteiger partial charge in [0.2, 0.25) is 5.91 Å². The first kappa shape index (κ1) is 28.1. The number of hydrogen-bond acceptors (Lipinski definition) is 5. The van der Waals surface area contributed by atoms with Gasteiger partial charge in [0.05, 0.1) is 36.7 Å². The van der Waals surface area contributed by atoms with Gasteiger partial charge in [-0.1, -0.05) is 36.4 Å². The third-order valence-electron chi connectivity index (χ3n) is 7.21. The number of rotatable bonds is 7. The second kappa shape index (κ2) is 11.6. The number of halogens is 3. The summed E-state index contributed by atoms with van der Waals surface area (Å²) in [6.07, 6.45) is 0.549. The van der Waals surface area contributed by atoms with Crippen LogP contribution in [0.4, 0.5) is 23.7 Å². The molecule has 0 bridgehead atoms. The summed E-state index contributed by atoms with van der Waals surface area (Å²) in [6.45, 7) is 1.10. The van der Waals surface area contributed by atoms with E-state index in [0.717, 1.165) is 29.5 Å². The maximum Gasteiger partial charge on any atom is 0.405 e. The number of carbonyl (C=O) groups is 2. The zero-order chi connectivity index (χ0) is 29.1. The lowest BCUT2D eigenvalue weighted by molar-refractivity contribution is -0.134. The third kappa shape index (κ3) is 6.32. The van der Waals surface area contributed by atoms with E-state index in [1.54, 1.807) is 51.4 Å². The Morgan fingerprint density at radius 3 is 2.59 bits per heavy atom. The molecule has 214 valence electrons. The molecule has 0 spiro atoms. The summed E-state index contributed by atoms with van der Waals surface area (Å²) in [4.78, 5) is 31.1. The molecule has 1 unspecified atom stereocenters. The normalized spacial score (nSPS) is 16.1. The summed E-state index contributed by atoms with van der Waals surface area (Å²) >= 11 is 0. The molecule has 9 nitrogen and oxygen atoms in total. The molecule has 1 fully saturated rings. The van der Waals surface area contributed by atoms with Crippen molar-refractivity contribution < 1.29 is 27.9 Å². The van der Waals surface area contributed by atoms with Gasteiger partial charge in [0.15, 0.2) is 5.65 Å². The van der Waals surface area contributed by atoms with Crippen molar-refractivity contribution in [3.63, 3.8) is 0 Å². The first-order valence-corrected chi connectivity index (χ1v) is 13.2. The van der Waals surface area contributed by atoms with Crippen molar-refractivity contribution in [2.75, 3.05) is 25.0 Å². The van der Waals surface area contributed by atoms with Crippen LogP contribution in [-0.2, 0) is 4.79 Å². The minimum atomic E-state index is -4.50. The quantitative estimate of drug-likeness (QED) is 0.297. The van der Waals surface area contributed by atoms with Crippen molar-refractivity contribution in [2.45, 2.75) is 37.9 Å². The summed E-state index contributed by atoms with van der Waals surface area (Å²) in [5.41, 5.74) is 4.82. The number of anilines is 1. The average molecular weight is 567 g/mol. The van der Waals surface area contributed by atoms with Crippen molar-refractivity contribution in [1.82, 2.24) is 24.8 Å². The second-order valence-electron chi connectivity index (χ2n) is 10.0. The van der Waals surface area contributed by atoms with Crippen molar-refractivity contribution >= 4 is 23.3 Å². The fraction of sp³-hybridized carbons (Fsp3) is 0.310. The van der Waals surface area contributed by atoms with Crippen LogP contribution in [0.15, 0.2) is 67.0 Å². The predicted molar refractivity (Wildman–Crippen MR) is 147 cm³/mol. The molecule has 0 aliphatic carbocycles. The molecule has 3 N–H and O–H groups in total. The minimum Gasteiger partial charge on any atom is -0.394 e. The van der Waals surface area contributed by atoms with Gasteiger partial charge in [-0.15, -0.1) is 0 Å². The first-order chi connectivity index (χ1) is 19.6. The maximum absolute atomic E-state index is 13.0. The molecule has 0 saturated carbocycles. The second-order valence-corrected chi connectivity index (χ2v) is 10.0. The Bertz CT molecular complexity index is 1550. The molecule has 2 atom stereocenters. The Morgan fingerprint density at radius 1 is 1.07 bits per heavy atom. The van der Waals surface area contributed by atoms with Gasteiger partial charge >= 0.3 is 12.2 Å². The van der Waals surface area contributed by atoms with Gasteiger partial charge in [0.25, 0.3) is 0 Å². The number of fused-ring (bicyclic) bond motifs is 1. The summed E-state index contributed by atoms with van der Waals surface area (Å²) < 4.78 is 38.7. The highest BCUT2D eigenvalue weighted by Crippen LogP contribution is 2.29. The largest absolute Gasteiger partial charge is 0.405 e. The Labute approximate surface area is 234 Å². The van der Waals surface area contributed by atoms with Crippen LogP contribution in [0.2, 0.25) is 0 Å². The monoisotopic (exact) mass is 566 g/mol. The number of nitrogens with one attached hydrogen (secondary N) is 2. The van der Waals surface area contributed by atoms with Gasteiger partial charge in [-0.3, -0.25) is 4.79 Å². The number of likely N-dealkylation sites (tertiary alicyclic amines) is 1. The summed E-state index contributed by atoms with van der Waals surface area (Å²) in [5, 5.41) is 18.3. The Balaban J connectivity index is 1.30. The molecule has 3 heterocycles. The van der Waals surface area contributed by atoms with Crippen LogP contribution in [0.3, 0.4) is 0 Å². The lowest BCUT2D eigenvalue weighted by atomic mass is 9.96. The van der Waals surface area contributed by atoms with Crippen LogP contribution in [-0.4, -0.2) is 68.5 Å². The van der Waals surface area contributed by atoms with E-state index in [9.17, 15) is 27.9 Å². The molecule has 4 aromatic rings. The number of aliphatic hydroxyl groups is 1. The van der Waals surface area contributed by atoms with Crippen molar-refractivity contribution in [3.05, 3.63) is 72.6 Å². The van der Waals surface area contributed by atoms with Crippen molar-refractivity contribution in [1.29, 1.82) is 0 Å². The van der Waals surface area contributed by atoms with Crippen LogP contribution < -0.4 is 10.6 Å². The molecule has 3 amide bonds. The van der Waals surface area contributed by atoms with Crippen LogP contribution >= 0.6 is 0 Å². The van der Waals surface area contributed by atoms with E-state index in [1.165, 1.54) is 0 Å². The molecule has 41 heavy (non-hydrogen) atoms. The number of urea groups is 1. The zero-order valence-electron chi connectivity index (χ0n) is 22.2. The zero-order valence-corrected chi connectivity index (χ0v) is 22.2. The number of nitrogens with zero attached hydrogens (tertiary/aromatic N) is 4. The Morgan fingerprint density at radius 2 is 1.85 bits per heavy atom. The van der Waals surface area contributed by atoms with Crippen LogP contribution in [0.5, 0.6) is 0 Å². The molecule has 2 aromatic heterocycles. The van der Waals surface area contributed by atoms with Crippen LogP contribution in [0.1, 0.15) is 31.2 Å². The molecule has 12 heteroatoms. The minimum absolute atomic E-state index is 0.0171. The number of aliphatic hydroxyl groups excluding tert-OH is 1. The Hall–Kier alpha value is -4.45. The van der Waals surface area contributed by atoms with Gasteiger partial charge in [0, 0.05) is 23.4 Å². The molecule has 1 saturated heterocycles. The Kier molecular flexibility index (Phi) is 7.93.